The van der Waals surface area contributed by atoms with Crippen molar-refractivity contribution in [2.45, 2.75) is 18.9 Å². The van der Waals surface area contributed by atoms with Crippen molar-refractivity contribution in [3.05, 3.63) is 18.2 Å². The molecule has 1 amide bonds. The summed E-state index contributed by atoms with van der Waals surface area (Å²) in [5.41, 5.74) is 2.50. The first-order chi connectivity index (χ1) is 8.34. The Kier molecular flexibility index (Phi) is 2.92. The summed E-state index contributed by atoms with van der Waals surface area (Å²) in [6, 6.07) is 5.65. The number of fused-ring (bicyclic) bond motifs is 1. The summed E-state index contributed by atoms with van der Waals surface area (Å²) in [7, 11) is 0. The summed E-state index contributed by atoms with van der Waals surface area (Å²) >= 11 is -0.0607. The summed E-state index contributed by atoms with van der Waals surface area (Å²) in [4.78, 5) is 12.0. The standard InChI is InChI=1S/C11H12N4OSe/c16-11(9-5-2-6-12-9)13-7-3-1-4-8-10(7)15-17-14-8/h1,3-4,9,12H,2,5-6H2,(H,13,16)/t9-/m0/s1. The monoisotopic (exact) mass is 296 g/mol. The number of nitrogens with zero attached hydrogens (tertiary/aromatic N) is 2. The molecular weight excluding hydrogens is 283 g/mol. The Hall–Kier alpha value is -1.23. The fraction of sp³-hybridized carbons (Fsp3) is 0.364. The zero-order chi connectivity index (χ0) is 11.7. The van der Waals surface area contributed by atoms with Gasteiger partial charge in [0.15, 0.2) is 0 Å². The van der Waals surface area contributed by atoms with E-state index < -0.39 is 0 Å². The molecule has 88 valence electrons. The summed E-state index contributed by atoms with van der Waals surface area (Å²) in [6.45, 7) is 0.924. The summed E-state index contributed by atoms with van der Waals surface area (Å²) < 4.78 is 8.63. The maximum atomic E-state index is 12.0. The van der Waals surface area contributed by atoms with Crippen LogP contribution in [0.2, 0.25) is 0 Å². The van der Waals surface area contributed by atoms with E-state index >= 15 is 0 Å². The van der Waals surface area contributed by atoms with Crippen molar-refractivity contribution in [3.8, 4) is 0 Å². The van der Waals surface area contributed by atoms with Crippen molar-refractivity contribution in [3.63, 3.8) is 0 Å². The Labute approximate surface area is 105 Å². The van der Waals surface area contributed by atoms with E-state index in [1.165, 1.54) is 0 Å². The summed E-state index contributed by atoms with van der Waals surface area (Å²) in [6.07, 6.45) is 1.97. The number of nitrogens with one attached hydrogen (secondary N) is 2. The van der Waals surface area contributed by atoms with E-state index in [1.54, 1.807) is 0 Å². The van der Waals surface area contributed by atoms with Gasteiger partial charge in [0.1, 0.15) is 0 Å². The van der Waals surface area contributed by atoms with Gasteiger partial charge in [-0.05, 0) is 0 Å². The van der Waals surface area contributed by atoms with E-state index in [0.29, 0.717) is 0 Å². The van der Waals surface area contributed by atoms with E-state index in [9.17, 15) is 4.79 Å². The zero-order valence-electron chi connectivity index (χ0n) is 9.14. The molecule has 1 aromatic rings. The number of hydrogen-bond donors (Lipinski definition) is 2. The first kappa shape index (κ1) is 10.9. The molecule has 3 rings (SSSR count). The van der Waals surface area contributed by atoms with Crippen LogP contribution in [-0.4, -0.2) is 33.1 Å². The van der Waals surface area contributed by atoms with Crippen molar-refractivity contribution in [1.29, 1.82) is 0 Å². The Balaban J connectivity index is 1.80. The molecule has 17 heavy (non-hydrogen) atoms. The first-order valence-corrected chi connectivity index (χ1v) is 7.13. The van der Waals surface area contributed by atoms with Gasteiger partial charge in [0, 0.05) is 0 Å². The van der Waals surface area contributed by atoms with Crippen molar-refractivity contribution in [2.24, 2.45) is 7.92 Å². The average Bonchev–Trinajstić information content (AvgIpc) is 3.00. The van der Waals surface area contributed by atoms with Crippen molar-refractivity contribution >= 4 is 37.5 Å². The number of hydrogen-bond acceptors (Lipinski definition) is 4. The molecule has 5 nitrogen and oxygen atoms in total. The summed E-state index contributed by atoms with van der Waals surface area (Å²) in [5, 5.41) is 6.12. The van der Waals surface area contributed by atoms with Gasteiger partial charge in [-0.1, -0.05) is 0 Å². The Morgan fingerprint density at radius 1 is 1.47 bits per heavy atom. The molecule has 1 aromatic carbocycles. The van der Waals surface area contributed by atoms with Crippen LogP contribution in [0.4, 0.5) is 17.1 Å². The maximum absolute atomic E-state index is 12.0. The van der Waals surface area contributed by atoms with Gasteiger partial charge >= 0.3 is 105 Å². The molecule has 0 unspecified atom stereocenters. The van der Waals surface area contributed by atoms with E-state index in [-0.39, 0.29) is 26.5 Å². The molecule has 2 heterocycles. The molecule has 2 N–H and O–H groups in total. The van der Waals surface area contributed by atoms with E-state index in [4.69, 9.17) is 0 Å². The van der Waals surface area contributed by atoms with Crippen LogP contribution in [0.15, 0.2) is 26.1 Å². The SMILES string of the molecule is O=C(Nc1cccc2c1N=[Se]=N2)[C@@H]1CCCN1. The molecule has 6 heteroatoms. The molecule has 0 aliphatic carbocycles. The molecule has 0 radical (unpaired) electrons. The molecule has 1 atom stereocenters. The third-order valence-corrected chi connectivity index (χ3v) is 4.06. The van der Waals surface area contributed by atoms with Crippen LogP contribution in [0.25, 0.3) is 0 Å². The third-order valence-electron chi connectivity index (χ3n) is 2.92. The van der Waals surface area contributed by atoms with Crippen molar-refractivity contribution < 1.29 is 4.79 Å². The molecule has 0 spiro atoms. The first-order valence-electron chi connectivity index (χ1n) is 5.60. The summed E-state index contributed by atoms with van der Waals surface area (Å²) in [5.74, 6) is 0.0329. The van der Waals surface area contributed by atoms with Gasteiger partial charge in [0.2, 0.25) is 0 Å². The Morgan fingerprint density at radius 3 is 3.24 bits per heavy atom. The Morgan fingerprint density at radius 2 is 2.41 bits per heavy atom. The molecular formula is C11H12N4OSe. The van der Waals surface area contributed by atoms with Gasteiger partial charge in [0.05, 0.1) is 0 Å². The fourth-order valence-corrected chi connectivity index (χ4v) is 3.19. The van der Waals surface area contributed by atoms with E-state index in [1.807, 2.05) is 18.2 Å². The quantitative estimate of drug-likeness (QED) is 0.829. The van der Waals surface area contributed by atoms with Gasteiger partial charge in [-0.3, -0.25) is 0 Å². The third kappa shape index (κ3) is 2.11. The fourth-order valence-electron chi connectivity index (χ4n) is 2.04. The zero-order valence-corrected chi connectivity index (χ0v) is 10.9. The Bertz CT molecular complexity index is 530. The number of carbonyl (C=O) groups excluding carboxylic acids is 1. The van der Waals surface area contributed by atoms with Crippen LogP contribution in [0.5, 0.6) is 0 Å². The van der Waals surface area contributed by atoms with Crippen LogP contribution < -0.4 is 10.6 Å². The van der Waals surface area contributed by atoms with Gasteiger partial charge in [0.25, 0.3) is 0 Å². The predicted octanol–water partition coefficient (Wildman–Crippen LogP) is 1.73. The van der Waals surface area contributed by atoms with Gasteiger partial charge < -0.3 is 0 Å². The number of carbonyl (C=O) groups is 1. The molecule has 0 bridgehead atoms. The number of anilines is 1. The van der Waals surface area contributed by atoms with Crippen molar-refractivity contribution in [1.82, 2.24) is 5.32 Å². The second kappa shape index (κ2) is 4.56. The van der Waals surface area contributed by atoms with Crippen LogP contribution in [0, 0.1) is 0 Å². The van der Waals surface area contributed by atoms with Gasteiger partial charge in [-0.15, -0.1) is 0 Å². The minimum atomic E-state index is -0.0607. The number of amides is 1. The topological polar surface area (TPSA) is 65.8 Å². The number of rotatable bonds is 2. The van der Waals surface area contributed by atoms with Crippen molar-refractivity contribution in [2.75, 3.05) is 11.9 Å². The molecule has 1 fully saturated rings. The van der Waals surface area contributed by atoms with E-state index in [2.05, 4.69) is 18.6 Å². The van der Waals surface area contributed by atoms with Crippen LogP contribution >= 0.6 is 0 Å². The van der Waals surface area contributed by atoms with Crippen LogP contribution in [0.1, 0.15) is 12.8 Å². The molecule has 0 aromatic heterocycles. The van der Waals surface area contributed by atoms with Gasteiger partial charge in [-0.25, -0.2) is 0 Å². The minimum absolute atomic E-state index is 0.0329. The molecule has 2 aliphatic rings. The normalized spacial score (nSPS) is 21.1. The van der Waals surface area contributed by atoms with Crippen LogP contribution in [0.3, 0.4) is 0 Å². The average molecular weight is 295 g/mol. The molecule has 0 saturated carbocycles. The van der Waals surface area contributed by atoms with Crippen LogP contribution in [-0.2, 0) is 4.79 Å². The number of benzene rings is 1. The second-order valence-electron chi connectivity index (χ2n) is 4.08. The second-order valence-corrected chi connectivity index (χ2v) is 5.18. The predicted molar refractivity (Wildman–Crippen MR) is 66.0 cm³/mol. The van der Waals surface area contributed by atoms with E-state index in [0.717, 1.165) is 36.4 Å². The molecule has 2 aliphatic heterocycles. The molecule has 1 saturated heterocycles. The van der Waals surface area contributed by atoms with Gasteiger partial charge in [-0.2, -0.15) is 0 Å².